The number of anilines is 1. The van der Waals surface area contributed by atoms with Crippen molar-refractivity contribution in [3.63, 3.8) is 0 Å². The lowest BCUT2D eigenvalue weighted by molar-refractivity contribution is -0.119. The summed E-state index contributed by atoms with van der Waals surface area (Å²) in [6.07, 6.45) is 0.795. The highest BCUT2D eigenvalue weighted by Crippen LogP contribution is 2.21. The fraction of sp³-hybridized carbons (Fsp3) is 0.261. The zero-order valence-electron chi connectivity index (χ0n) is 17.2. The Balaban J connectivity index is 1.50. The van der Waals surface area contributed by atoms with Crippen molar-refractivity contribution in [1.82, 2.24) is 4.98 Å². The van der Waals surface area contributed by atoms with Crippen molar-refractivity contribution < 1.29 is 19.1 Å². The topological polar surface area (TPSA) is 77.5 Å². The van der Waals surface area contributed by atoms with Gasteiger partial charge < -0.3 is 14.8 Å². The maximum absolute atomic E-state index is 12.2. The second-order valence-corrected chi connectivity index (χ2v) is 7.76. The van der Waals surface area contributed by atoms with Crippen molar-refractivity contribution in [3.05, 3.63) is 75.2 Å². The van der Waals surface area contributed by atoms with Crippen LogP contribution >= 0.6 is 11.3 Å². The van der Waals surface area contributed by atoms with Crippen LogP contribution in [0.5, 0.6) is 5.75 Å². The molecule has 3 aromatic rings. The van der Waals surface area contributed by atoms with Gasteiger partial charge in [0, 0.05) is 11.1 Å². The molecule has 0 saturated carbocycles. The van der Waals surface area contributed by atoms with Gasteiger partial charge in [0.25, 0.3) is 5.91 Å². The Bertz CT molecular complexity index is 1030. The number of esters is 1. The predicted molar refractivity (Wildman–Crippen MR) is 117 cm³/mol. The largest absolute Gasteiger partial charge is 0.486 e. The number of amides is 1. The molecule has 6 nitrogen and oxygen atoms in total. The lowest BCUT2D eigenvalue weighted by Gasteiger charge is -2.12. The van der Waals surface area contributed by atoms with Crippen molar-refractivity contribution in [3.8, 4) is 5.75 Å². The Morgan fingerprint density at radius 1 is 1.10 bits per heavy atom. The van der Waals surface area contributed by atoms with E-state index < -0.39 is 5.97 Å². The van der Waals surface area contributed by atoms with Gasteiger partial charge in [-0.05, 0) is 43.5 Å². The maximum atomic E-state index is 12.2. The highest BCUT2D eigenvalue weighted by molar-refractivity contribution is 7.09. The standard InChI is InChI=1S/C23H24N2O4S/c1-4-17-7-5-6-16(3)22(17)25-20(26)12-29-23(27)19-14-30-21(24-19)13-28-18-10-8-15(2)9-11-18/h5-11,14H,4,12-13H2,1-3H3,(H,25,26). The molecule has 7 heteroatoms. The van der Waals surface area contributed by atoms with E-state index in [9.17, 15) is 9.59 Å². The van der Waals surface area contributed by atoms with E-state index in [2.05, 4.69) is 10.3 Å². The second-order valence-electron chi connectivity index (χ2n) is 6.82. The lowest BCUT2D eigenvalue weighted by atomic mass is 10.1. The van der Waals surface area contributed by atoms with E-state index in [-0.39, 0.29) is 24.8 Å². The van der Waals surface area contributed by atoms with E-state index in [1.165, 1.54) is 11.3 Å². The molecule has 1 aromatic heterocycles. The number of nitrogens with one attached hydrogen (secondary N) is 1. The zero-order valence-corrected chi connectivity index (χ0v) is 18.0. The van der Waals surface area contributed by atoms with Gasteiger partial charge in [-0.15, -0.1) is 11.3 Å². The van der Waals surface area contributed by atoms with Gasteiger partial charge in [-0.25, -0.2) is 9.78 Å². The number of carbonyl (C=O) groups excluding carboxylic acids is 2. The SMILES string of the molecule is CCc1cccc(C)c1NC(=O)COC(=O)c1csc(COc2ccc(C)cc2)n1. The van der Waals surface area contributed by atoms with Crippen molar-refractivity contribution >= 4 is 28.9 Å². The molecule has 0 aliphatic carbocycles. The molecule has 1 N–H and O–H groups in total. The number of nitrogens with zero attached hydrogens (tertiary/aromatic N) is 1. The molecule has 0 fully saturated rings. The summed E-state index contributed by atoms with van der Waals surface area (Å²) in [5, 5.41) is 5.08. The summed E-state index contributed by atoms with van der Waals surface area (Å²) >= 11 is 1.31. The Hall–Kier alpha value is -3.19. The number of hydrogen-bond donors (Lipinski definition) is 1. The van der Waals surface area contributed by atoms with E-state index in [0.29, 0.717) is 5.01 Å². The van der Waals surface area contributed by atoms with Crippen LogP contribution in [0.1, 0.15) is 39.1 Å². The molecule has 0 radical (unpaired) electrons. The van der Waals surface area contributed by atoms with Crippen molar-refractivity contribution in [2.24, 2.45) is 0 Å². The van der Waals surface area contributed by atoms with E-state index in [0.717, 1.165) is 34.5 Å². The van der Waals surface area contributed by atoms with Crippen molar-refractivity contribution in [2.75, 3.05) is 11.9 Å². The normalized spacial score (nSPS) is 10.5. The van der Waals surface area contributed by atoms with Crippen LogP contribution in [0.15, 0.2) is 47.8 Å². The highest BCUT2D eigenvalue weighted by atomic mass is 32.1. The number of aromatic nitrogens is 1. The second kappa shape index (κ2) is 10.0. The lowest BCUT2D eigenvalue weighted by Crippen LogP contribution is -2.22. The fourth-order valence-corrected chi connectivity index (χ4v) is 3.51. The van der Waals surface area contributed by atoms with Gasteiger partial charge in [-0.3, -0.25) is 4.79 Å². The molecule has 0 saturated heterocycles. The summed E-state index contributed by atoms with van der Waals surface area (Å²) in [6.45, 7) is 5.84. The number of rotatable bonds is 8. The zero-order chi connectivity index (χ0) is 21.5. The van der Waals surface area contributed by atoms with Crippen molar-refractivity contribution in [1.29, 1.82) is 0 Å². The van der Waals surface area contributed by atoms with Gasteiger partial charge in [-0.1, -0.05) is 42.8 Å². The monoisotopic (exact) mass is 424 g/mol. The van der Waals surface area contributed by atoms with Crippen LogP contribution in [-0.4, -0.2) is 23.5 Å². The first-order valence-corrected chi connectivity index (χ1v) is 10.5. The van der Waals surface area contributed by atoms with Gasteiger partial charge >= 0.3 is 5.97 Å². The number of ether oxygens (including phenoxy) is 2. The van der Waals surface area contributed by atoms with Gasteiger partial charge in [0.2, 0.25) is 0 Å². The van der Waals surface area contributed by atoms with Crippen LogP contribution in [0.25, 0.3) is 0 Å². The minimum atomic E-state index is -0.636. The number of hydrogen-bond acceptors (Lipinski definition) is 6. The average molecular weight is 425 g/mol. The molecular formula is C23H24N2O4S. The molecule has 3 rings (SSSR count). The third kappa shape index (κ3) is 5.67. The van der Waals surface area contributed by atoms with Gasteiger partial charge in [0.05, 0.1) is 0 Å². The summed E-state index contributed by atoms with van der Waals surface area (Å²) in [6, 6.07) is 13.5. The summed E-state index contributed by atoms with van der Waals surface area (Å²) in [5.41, 5.74) is 4.09. The van der Waals surface area contributed by atoms with Gasteiger partial charge in [0.15, 0.2) is 12.3 Å². The molecule has 0 spiro atoms. The minimum absolute atomic E-state index is 0.167. The first kappa shape index (κ1) is 21.5. The molecule has 0 aliphatic heterocycles. The molecule has 2 aromatic carbocycles. The summed E-state index contributed by atoms with van der Waals surface area (Å²) in [5.74, 6) is -0.284. The number of thiazole rings is 1. The van der Waals surface area contributed by atoms with E-state index in [4.69, 9.17) is 9.47 Å². The molecule has 0 unspecified atom stereocenters. The first-order valence-electron chi connectivity index (χ1n) is 9.65. The molecule has 0 bridgehead atoms. The first-order chi connectivity index (χ1) is 14.5. The minimum Gasteiger partial charge on any atom is -0.486 e. The van der Waals surface area contributed by atoms with Crippen LogP contribution in [0.3, 0.4) is 0 Å². The maximum Gasteiger partial charge on any atom is 0.358 e. The molecule has 0 atom stereocenters. The third-order valence-corrected chi connectivity index (χ3v) is 5.31. The number of benzene rings is 2. The van der Waals surface area contributed by atoms with Gasteiger partial charge in [-0.2, -0.15) is 0 Å². The van der Waals surface area contributed by atoms with Crippen molar-refractivity contribution in [2.45, 2.75) is 33.8 Å². The molecule has 30 heavy (non-hydrogen) atoms. The summed E-state index contributed by atoms with van der Waals surface area (Å²) in [7, 11) is 0. The summed E-state index contributed by atoms with van der Waals surface area (Å²) in [4.78, 5) is 28.7. The average Bonchev–Trinajstić information content (AvgIpc) is 3.22. The van der Waals surface area contributed by atoms with E-state index in [1.807, 2.05) is 63.2 Å². The van der Waals surface area contributed by atoms with Crippen LogP contribution < -0.4 is 10.1 Å². The smallest absolute Gasteiger partial charge is 0.358 e. The fourth-order valence-electron chi connectivity index (χ4n) is 2.83. The predicted octanol–water partition coefficient (Wildman–Crippen LogP) is 4.70. The molecule has 1 heterocycles. The van der Waals surface area contributed by atoms with Crippen LogP contribution in [0.4, 0.5) is 5.69 Å². The molecule has 156 valence electrons. The Morgan fingerprint density at radius 2 is 1.87 bits per heavy atom. The molecule has 0 aliphatic rings. The summed E-state index contributed by atoms with van der Waals surface area (Å²) < 4.78 is 10.8. The molecule has 1 amide bonds. The quantitative estimate of drug-likeness (QED) is 0.531. The van der Waals surface area contributed by atoms with Crippen LogP contribution in [-0.2, 0) is 22.6 Å². The number of aryl methyl sites for hydroxylation is 3. The molecular weight excluding hydrogens is 400 g/mol. The third-order valence-electron chi connectivity index (χ3n) is 4.48. The Kier molecular flexibility index (Phi) is 7.19. The number of carbonyl (C=O) groups is 2. The van der Waals surface area contributed by atoms with E-state index >= 15 is 0 Å². The van der Waals surface area contributed by atoms with E-state index in [1.54, 1.807) is 5.38 Å². The highest BCUT2D eigenvalue weighted by Gasteiger charge is 2.15. The Labute approximate surface area is 179 Å². The van der Waals surface area contributed by atoms with Crippen LogP contribution in [0, 0.1) is 13.8 Å². The number of para-hydroxylation sites is 1. The van der Waals surface area contributed by atoms with Crippen LogP contribution in [0.2, 0.25) is 0 Å². The van der Waals surface area contributed by atoms with Gasteiger partial charge in [0.1, 0.15) is 17.4 Å². The Morgan fingerprint density at radius 3 is 2.60 bits per heavy atom.